The van der Waals surface area contributed by atoms with Gasteiger partial charge in [-0.1, -0.05) is 0 Å². The van der Waals surface area contributed by atoms with Gasteiger partial charge >= 0.3 is 6.09 Å². The Balaban J connectivity index is 2.31. The second kappa shape index (κ2) is 3.25. The molecule has 5 heteroatoms. The van der Waals surface area contributed by atoms with Gasteiger partial charge in [0.15, 0.2) is 0 Å². The Bertz CT molecular complexity index is 381. The first kappa shape index (κ1) is 8.93. The minimum atomic E-state index is -0.738. The van der Waals surface area contributed by atoms with Crippen LogP contribution in [0.3, 0.4) is 0 Å². The van der Waals surface area contributed by atoms with Crippen LogP contribution in [0.25, 0.3) is 0 Å². The van der Waals surface area contributed by atoms with Crippen molar-refractivity contribution in [2.45, 2.75) is 6.10 Å². The number of ether oxygens (including phenoxy) is 1. The molecule has 3 nitrogen and oxygen atoms in total. The molecule has 1 aliphatic rings. The predicted octanol–water partition coefficient (Wildman–Crippen LogP) is 1.75. The SMILES string of the molecule is O=C1NC[C@@H](c2cc(F)ccc2F)O1. The van der Waals surface area contributed by atoms with Gasteiger partial charge < -0.3 is 10.1 Å². The normalized spacial score (nSPS) is 20.4. The summed E-state index contributed by atoms with van der Waals surface area (Å²) >= 11 is 0. The summed E-state index contributed by atoms with van der Waals surface area (Å²) in [5.74, 6) is -1.13. The first-order chi connectivity index (χ1) is 6.66. The van der Waals surface area contributed by atoms with Crippen LogP contribution in [0.5, 0.6) is 0 Å². The molecule has 0 aliphatic carbocycles. The molecule has 0 saturated carbocycles. The number of alkyl carbamates (subject to hydrolysis) is 1. The van der Waals surface area contributed by atoms with E-state index in [4.69, 9.17) is 4.74 Å². The molecule has 74 valence electrons. The summed E-state index contributed by atoms with van der Waals surface area (Å²) < 4.78 is 30.7. The summed E-state index contributed by atoms with van der Waals surface area (Å²) in [5, 5.41) is 2.36. The van der Waals surface area contributed by atoms with Crippen LogP contribution >= 0.6 is 0 Å². The number of carbonyl (C=O) groups is 1. The first-order valence-corrected chi connectivity index (χ1v) is 4.06. The molecule has 1 aromatic carbocycles. The molecule has 1 saturated heterocycles. The summed E-state index contributed by atoms with van der Waals surface area (Å²) in [5.41, 5.74) is 0.0587. The van der Waals surface area contributed by atoms with E-state index >= 15 is 0 Å². The van der Waals surface area contributed by atoms with Crippen molar-refractivity contribution in [2.24, 2.45) is 0 Å². The average molecular weight is 199 g/mol. The lowest BCUT2D eigenvalue weighted by Crippen LogP contribution is -2.12. The largest absolute Gasteiger partial charge is 0.439 e. The fourth-order valence-corrected chi connectivity index (χ4v) is 1.32. The number of cyclic esters (lactones) is 1. The van der Waals surface area contributed by atoms with Crippen LogP contribution in [0.4, 0.5) is 13.6 Å². The Morgan fingerprint density at radius 3 is 2.86 bits per heavy atom. The van der Waals surface area contributed by atoms with E-state index in [1.54, 1.807) is 0 Å². The number of nitrogens with one attached hydrogen (secondary N) is 1. The third-order valence-electron chi connectivity index (χ3n) is 1.99. The predicted molar refractivity (Wildman–Crippen MR) is 43.6 cm³/mol. The van der Waals surface area contributed by atoms with Crippen molar-refractivity contribution in [3.8, 4) is 0 Å². The standard InChI is InChI=1S/C9H7F2NO2/c10-5-1-2-7(11)6(3-5)8-4-12-9(13)14-8/h1-3,8H,4H2,(H,12,13)/t8-/m0/s1. The molecule has 0 radical (unpaired) electrons. The van der Waals surface area contributed by atoms with E-state index in [9.17, 15) is 13.6 Å². The second-order valence-corrected chi connectivity index (χ2v) is 2.94. The fraction of sp³-hybridized carbons (Fsp3) is 0.222. The smallest absolute Gasteiger partial charge is 0.407 e. The van der Waals surface area contributed by atoms with Gasteiger partial charge in [-0.25, -0.2) is 13.6 Å². The minimum absolute atomic E-state index is 0.0587. The van der Waals surface area contributed by atoms with Gasteiger partial charge in [0.05, 0.1) is 6.54 Å². The van der Waals surface area contributed by atoms with Gasteiger partial charge in [-0.3, -0.25) is 0 Å². The number of rotatable bonds is 1. The molecule has 0 bridgehead atoms. The van der Waals surface area contributed by atoms with Gasteiger partial charge in [-0.2, -0.15) is 0 Å². The lowest BCUT2D eigenvalue weighted by atomic mass is 10.1. The third-order valence-corrected chi connectivity index (χ3v) is 1.99. The summed E-state index contributed by atoms with van der Waals surface area (Å²) in [6, 6.07) is 3.06. The highest BCUT2D eigenvalue weighted by atomic mass is 19.1. The van der Waals surface area contributed by atoms with Gasteiger partial charge in [0.2, 0.25) is 0 Å². The third kappa shape index (κ3) is 1.53. The molecule has 1 aliphatic heterocycles. The van der Waals surface area contributed by atoms with E-state index in [0.717, 1.165) is 18.2 Å². The number of hydrogen-bond donors (Lipinski definition) is 1. The minimum Gasteiger partial charge on any atom is -0.439 e. The van der Waals surface area contributed by atoms with Crippen LogP contribution < -0.4 is 5.32 Å². The Morgan fingerprint density at radius 2 is 2.21 bits per heavy atom. The van der Waals surface area contributed by atoms with Crippen molar-refractivity contribution in [1.29, 1.82) is 0 Å². The van der Waals surface area contributed by atoms with E-state index in [0.29, 0.717) is 0 Å². The molecule has 1 atom stereocenters. The van der Waals surface area contributed by atoms with Gasteiger partial charge in [0.25, 0.3) is 0 Å². The summed E-state index contributed by atoms with van der Waals surface area (Å²) in [7, 11) is 0. The van der Waals surface area contributed by atoms with Crippen LogP contribution in [0.1, 0.15) is 11.7 Å². The van der Waals surface area contributed by atoms with Crippen molar-refractivity contribution >= 4 is 6.09 Å². The zero-order chi connectivity index (χ0) is 10.1. The highest BCUT2D eigenvalue weighted by Gasteiger charge is 2.26. The Hall–Kier alpha value is -1.65. The maximum atomic E-state index is 13.2. The summed E-state index contributed by atoms with van der Waals surface area (Å²) in [4.78, 5) is 10.7. The molecule has 0 spiro atoms. The van der Waals surface area contributed by atoms with E-state index in [2.05, 4.69) is 5.32 Å². The van der Waals surface area contributed by atoms with Crippen LogP contribution in [-0.4, -0.2) is 12.6 Å². The number of carbonyl (C=O) groups excluding carboxylic acids is 1. The van der Waals surface area contributed by atoms with Gasteiger partial charge in [-0.05, 0) is 18.2 Å². The van der Waals surface area contributed by atoms with Crippen molar-refractivity contribution in [1.82, 2.24) is 5.32 Å². The summed E-state index contributed by atoms with van der Waals surface area (Å²) in [6.07, 6.45) is -1.35. The molecule has 1 N–H and O–H groups in total. The van der Waals surface area contributed by atoms with Crippen molar-refractivity contribution in [2.75, 3.05) is 6.54 Å². The second-order valence-electron chi connectivity index (χ2n) is 2.94. The van der Waals surface area contributed by atoms with E-state index in [1.165, 1.54) is 0 Å². The van der Waals surface area contributed by atoms with E-state index < -0.39 is 23.8 Å². The molecule has 1 fully saturated rings. The topological polar surface area (TPSA) is 38.3 Å². The highest BCUT2D eigenvalue weighted by Crippen LogP contribution is 2.24. The Morgan fingerprint density at radius 1 is 1.43 bits per heavy atom. The van der Waals surface area contributed by atoms with Gasteiger partial charge in [-0.15, -0.1) is 0 Å². The molecule has 2 rings (SSSR count). The number of hydrogen-bond acceptors (Lipinski definition) is 2. The van der Waals surface area contributed by atoms with E-state index in [1.807, 2.05) is 0 Å². The van der Waals surface area contributed by atoms with Crippen LogP contribution in [0.2, 0.25) is 0 Å². The van der Waals surface area contributed by atoms with Gasteiger partial charge in [0, 0.05) is 5.56 Å². The van der Waals surface area contributed by atoms with Crippen LogP contribution in [-0.2, 0) is 4.74 Å². The lowest BCUT2D eigenvalue weighted by Gasteiger charge is -2.08. The number of amides is 1. The molecular weight excluding hydrogens is 192 g/mol. The monoisotopic (exact) mass is 199 g/mol. The molecule has 0 unspecified atom stereocenters. The van der Waals surface area contributed by atoms with Crippen molar-refractivity contribution in [3.63, 3.8) is 0 Å². The first-order valence-electron chi connectivity index (χ1n) is 4.06. The van der Waals surface area contributed by atoms with Crippen LogP contribution in [0, 0.1) is 11.6 Å². The molecule has 0 aromatic heterocycles. The van der Waals surface area contributed by atoms with Crippen molar-refractivity contribution in [3.05, 3.63) is 35.4 Å². The number of halogens is 2. The van der Waals surface area contributed by atoms with Gasteiger partial charge in [0.1, 0.15) is 17.7 Å². The maximum Gasteiger partial charge on any atom is 0.407 e. The molecule has 1 aromatic rings. The quantitative estimate of drug-likeness (QED) is 0.748. The highest BCUT2D eigenvalue weighted by molar-refractivity contribution is 5.69. The van der Waals surface area contributed by atoms with Crippen LogP contribution in [0.15, 0.2) is 18.2 Å². The Kier molecular flexibility index (Phi) is 2.07. The maximum absolute atomic E-state index is 13.2. The number of benzene rings is 1. The zero-order valence-electron chi connectivity index (χ0n) is 7.09. The zero-order valence-corrected chi connectivity index (χ0v) is 7.09. The molecular formula is C9H7F2NO2. The Labute approximate surface area is 78.7 Å². The summed E-state index contributed by atoms with van der Waals surface area (Å²) in [6.45, 7) is 0.166. The molecule has 1 amide bonds. The molecule has 14 heavy (non-hydrogen) atoms. The van der Waals surface area contributed by atoms with E-state index in [-0.39, 0.29) is 12.1 Å². The lowest BCUT2D eigenvalue weighted by molar-refractivity contribution is 0.139. The molecule has 1 heterocycles. The van der Waals surface area contributed by atoms with Crippen molar-refractivity contribution < 1.29 is 18.3 Å². The average Bonchev–Trinajstić information content (AvgIpc) is 2.56. The fourth-order valence-electron chi connectivity index (χ4n) is 1.32.